The molecule has 0 amide bonds. The van der Waals surface area contributed by atoms with Crippen molar-refractivity contribution in [2.75, 3.05) is 11.9 Å². The van der Waals surface area contributed by atoms with Crippen LogP contribution in [0.4, 0.5) is 18.9 Å². The summed E-state index contributed by atoms with van der Waals surface area (Å²) >= 11 is 0. The van der Waals surface area contributed by atoms with Crippen molar-refractivity contribution in [2.45, 2.75) is 44.7 Å². The van der Waals surface area contributed by atoms with Crippen molar-refractivity contribution in [1.82, 2.24) is 4.98 Å². The average molecular weight is 454 g/mol. The number of carbonyl (C=O) groups excluding carboxylic acids is 1. The van der Waals surface area contributed by atoms with Gasteiger partial charge in [0.05, 0.1) is 17.7 Å². The van der Waals surface area contributed by atoms with Gasteiger partial charge in [0.25, 0.3) is 0 Å². The van der Waals surface area contributed by atoms with E-state index in [0.29, 0.717) is 22.7 Å². The molecule has 0 aliphatic heterocycles. The van der Waals surface area contributed by atoms with Crippen molar-refractivity contribution in [3.8, 4) is 0 Å². The number of nitrogens with one attached hydrogen (secondary N) is 2. The van der Waals surface area contributed by atoms with Crippen molar-refractivity contribution >= 4 is 22.4 Å². The Morgan fingerprint density at radius 2 is 1.79 bits per heavy atom. The SMILES string of the molecule is Cc1cccc2[nH]cc(C(=O)CNc3ccc(C4C5CCC4CC5)cc3C(F)(F)F)c(=O)c12. The molecule has 2 fully saturated rings. The van der Waals surface area contributed by atoms with E-state index >= 15 is 0 Å². The number of aryl methyl sites for hydroxylation is 1. The molecule has 0 spiro atoms. The van der Waals surface area contributed by atoms with E-state index < -0.39 is 29.5 Å². The Bertz CT molecular complexity index is 1270. The van der Waals surface area contributed by atoms with Gasteiger partial charge in [0.1, 0.15) is 0 Å². The van der Waals surface area contributed by atoms with Crippen LogP contribution >= 0.6 is 0 Å². The number of benzene rings is 2. The van der Waals surface area contributed by atoms with E-state index in [9.17, 15) is 22.8 Å². The summed E-state index contributed by atoms with van der Waals surface area (Å²) in [6, 6.07) is 9.76. The second-order valence-corrected chi connectivity index (χ2v) is 9.31. The largest absolute Gasteiger partial charge is 0.418 e. The molecule has 33 heavy (non-hydrogen) atoms. The summed E-state index contributed by atoms with van der Waals surface area (Å²) in [5.41, 5.74) is 0.688. The zero-order chi connectivity index (χ0) is 23.3. The van der Waals surface area contributed by atoms with Crippen LogP contribution in [0.3, 0.4) is 0 Å². The minimum Gasteiger partial charge on any atom is -0.377 e. The van der Waals surface area contributed by atoms with Gasteiger partial charge in [-0.05, 0) is 79.7 Å². The van der Waals surface area contributed by atoms with Crippen LogP contribution < -0.4 is 10.7 Å². The average Bonchev–Trinajstić information content (AvgIpc) is 3.38. The molecule has 2 aliphatic carbocycles. The van der Waals surface area contributed by atoms with Crippen LogP contribution in [0.5, 0.6) is 0 Å². The number of carbonyl (C=O) groups is 1. The Morgan fingerprint density at radius 3 is 2.45 bits per heavy atom. The molecule has 4 nitrogen and oxygen atoms in total. The molecule has 2 aromatic carbocycles. The lowest BCUT2D eigenvalue weighted by Crippen LogP contribution is -2.23. The van der Waals surface area contributed by atoms with Gasteiger partial charge in [-0.1, -0.05) is 18.2 Å². The van der Waals surface area contributed by atoms with Crippen molar-refractivity contribution in [1.29, 1.82) is 0 Å². The smallest absolute Gasteiger partial charge is 0.377 e. The van der Waals surface area contributed by atoms with Gasteiger partial charge in [-0.25, -0.2) is 0 Å². The van der Waals surface area contributed by atoms with Gasteiger partial charge in [0, 0.05) is 22.8 Å². The van der Waals surface area contributed by atoms with E-state index in [1.165, 1.54) is 18.3 Å². The van der Waals surface area contributed by atoms with Crippen molar-refractivity contribution in [3.63, 3.8) is 0 Å². The fraction of sp³-hybridized carbons (Fsp3) is 0.385. The second-order valence-electron chi connectivity index (χ2n) is 9.31. The summed E-state index contributed by atoms with van der Waals surface area (Å²) in [4.78, 5) is 28.5. The predicted octanol–water partition coefficient (Wildman–Crippen LogP) is 6.05. The first-order chi connectivity index (χ1) is 15.7. The third-order valence-electron chi connectivity index (χ3n) is 7.42. The maximum atomic E-state index is 13.9. The van der Waals surface area contributed by atoms with E-state index in [2.05, 4.69) is 10.3 Å². The number of hydrogen-bond donors (Lipinski definition) is 2. The van der Waals surface area contributed by atoms with E-state index in [-0.39, 0.29) is 17.2 Å². The minimum atomic E-state index is -4.55. The van der Waals surface area contributed by atoms with E-state index in [1.54, 1.807) is 31.2 Å². The topological polar surface area (TPSA) is 62.0 Å². The van der Waals surface area contributed by atoms with E-state index in [1.807, 2.05) is 0 Å². The summed E-state index contributed by atoms with van der Waals surface area (Å²) in [5.74, 6) is 0.577. The van der Waals surface area contributed by atoms with Crippen LogP contribution in [-0.4, -0.2) is 17.3 Å². The number of alkyl halides is 3. The van der Waals surface area contributed by atoms with Crippen molar-refractivity contribution < 1.29 is 18.0 Å². The molecule has 1 aromatic heterocycles. The van der Waals surface area contributed by atoms with Gasteiger partial charge in [-0.2, -0.15) is 13.2 Å². The van der Waals surface area contributed by atoms with Crippen molar-refractivity contribution in [3.05, 3.63) is 75.1 Å². The minimum absolute atomic E-state index is 0.0722. The molecule has 2 bridgehead atoms. The molecule has 0 atom stereocenters. The molecular formula is C26H25F3N2O2. The number of ketones is 1. The van der Waals surface area contributed by atoms with Crippen LogP contribution in [0.1, 0.15) is 58.6 Å². The predicted molar refractivity (Wildman–Crippen MR) is 122 cm³/mol. The van der Waals surface area contributed by atoms with Crippen LogP contribution in [0.2, 0.25) is 0 Å². The van der Waals surface area contributed by atoms with Gasteiger partial charge < -0.3 is 10.3 Å². The Morgan fingerprint density at radius 1 is 1.09 bits per heavy atom. The summed E-state index contributed by atoms with van der Waals surface area (Å²) in [6.45, 7) is 1.37. The number of aromatic nitrogens is 1. The fourth-order valence-corrected chi connectivity index (χ4v) is 5.87. The highest BCUT2D eigenvalue weighted by Crippen LogP contribution is 2.55. The molecule has 3 aromatic rings. The highest BCUT2D eigenvalue weighted by atomic mass is 19.4. The Labute approximate surface area is 189 Å². The van der Waals surface area contributed by atoms with Crippen LogP contribution in [0.15, 0.2) is 47.4 Å². The molecule has 1 heterocycles. The molecule has 2 saturated carbocycles. The molecule has 0 saturated heterocycles. The molecule has 5 rings (SSSR count). The number of fused-ring (bicyclic) bond motifs is 3. The zero-order valence-electron chi connectivity index (χ0n) is 18.3. The molecular weight excluding hydrogens is 429 g/mol. The standard InChI is InChI=1S/C26H25F3N2O2/c1-14-3-2-4-21-23(14)25(33)18(12-30-21)22(32)13-31-20-10-9-17(11-19(20)26(27,28)29)24-15-5-6-16(24)8-7-15/h2-4,9-12,15-16,24,31H,5-8,13H2,1H3,(H,30,33). The van der Waals surface area contributed by atoms with Crippen molar-refractivity contribution in [2.24, 2.45) is 11.8 Å². The lowest BCUT2D eigenvalue weighted by atomic mass is 9.88. The van der Waals surface area contributed by atoms with Gasteiger partial charge in [0.2, 0.25) is 5.43 Å². The number of H-pyrrole nitrogens is 1. The zero-order valence-corrected chi connectivity index (χ0v) is 18.3. The first-order valence-electron chi connectivity index (χ1n) is 11.3. The van der Waals surface area contributed by atoms with Crippen LogP contribution in [-0.2, 0) is 6.18 Å². The second kappa shape index (κ2) is 8.04. The van der Waals surface area contributed by atoms with Gasteiger partial charge in [-0.3, -0.25) is 9.59 Å². The summed E-state index contributed by atoms with van der Waals surface area (Å²) in [5, 5.41) is 3.05. The molecule has 0 unspecified atom stereocenters. The summed E-state index contributed by atoms with van der Waals surface area (Å²) < 4.78 is 41.6. The maximum absolute atomic E-state index is 13.9. The lowest BCUT2D eigenvalue weighted by Gasteiger charge is -2.20. The van der Waals surface area contributed by atoms with E-state index in [0.717, 1.165) is 36.8 Å². The molecule has 2 N–H and O–H groups in total. The van der Waals surface area contributed by atoms with Crippen LogP contribution in [0.25, 0.3) is 10.9 Å². The number of hydrogen-bond acceptors (Lipinski definition) is 3. The lowest BCUT2D eigenvalue weighted by molar-refractivity contribution is -0.137. The van der Waals surface area contributed by atoms with Gasteiger partial charge in [0.15, 0.2) is 5.78 Å². The normalized spacial score (nSPS) is 22.1. The Hall–Kier alpha value is -3.09. The molecule has 172 valence electrons. The third kappa shape index (κ3) is 3.83. The number of rotatable bonds is 5. The number of pyridine rings is 1. The molecule has 7 heteroatoms. The Balaban J connectivity index is 1.41. The third-order valence-corrected chi connectivity index (χ3v) is 7.42. The highest BCUT2D eigenvalue weighted by molar-refractivity contribution is 6.01. The summed E-state index contributed by atoms with van der Waals surface area (Å²) in [6.07, 6.45) is 1.14. The Kier molecular flexibility index (Phi) is 5.30. The fourth-order valence-electron chi connectivity index (χ4n) is 5.87. The number of aromatic amines is 1. The van der Waals surface area contributed by atoms with Crippen LogP contribution in [0, 0.1) is 18.8 Å². The van der Waals surface area contributed by atoms with Gasteiger partial charge in [-0.15, -0.1) is 0 Å². The number of Topliss-reactive ketones (excluding diaryl/α,β-unsaturated/α-hetero) is 1. The number of anilines is 1. The molecule has 0 radical (unpaired) electrons. The molecule has 2 aliphatic rings. The first-order valence-corrected chi connectivity index (χ1v) is 11.3. The summed E-state index contributed by atoms with van der Waals surface area (Å²) in [7, 11) is 0. The maximum Gasteiger partial charge on any atom is 0.418 e. The quantitative estimate of drug-likeness (QED) is 0.461. The monoisotopic (exact) mass is 454 g/mol. The van der Waals surface area contributed by atoms with Gasteiger partial charge >= 0.3 is 6.18 Å². The first kappa shape index (κ1) is 21.7. The highest BCUT2D eigenvalue weighted by Gasteiger charge is 2.43. The van der Waals surface area contributed by atoms with E-state index in [4.69, 9.17) is 0 Å². The number of halogens is 3.